The molecule has 1 fully saturated rings. The van der Waals surface area contributed by atoms with Crippen LogP contribution in [-0.2, 0) is 22.5 Å². The number of alkyl carbamates (subject to hydrolysis) is 1. The Kier molecular flexibility index (Phi) is 7.92. The average molecular weight is 458 g/mol. The van der Waals surface area contributed by atoms with Crippen molar-refractivity contribution in [3.05, 3.63) is 65.5 Å². The van der Waals surface area contributed by atoms with Crippen LogP contribution >= 0.6 is 0 Å². The minimum Gasteiger partial charge on any atom is -0.480 e. The Hall–Kier alpha value is -3.13. The lowest BCUT2D eigenvalue weighted by molar-refractivity contribution is -0.139. The number of carboxylic acids is 1. The van der Waals surface area contributed by atoms with Crippen molar-refractivity contribution in [1.82, 2.24) is 10.2 Å². The summed E-state index contributed by atoms with van der Waals surface area (Å²) in [5.74, 6) is -1.74. The van der Waals surface area contributed by atoms with E-state index < -0.39 is 29.5 Å². The van der Waals surface area contributed by atoms with Crippen molar-refractivity contribution in [2.24, 2.45) is 0 Å². The van der Waals surface area contributed by atoms with Crippen LogP contribution in [0, 0.1) is 5.82 Å². The molecule has 8 heteroatoms. The zero-order valence-corrected chi connectivity index (χ0v) is 19.4. The first-order valence-electron chi connectivity index (χ1n) is 11.1. The van der Waals surface area contributed by atoms with E-state index >= 15 is 0 Å². The molecule has 33 heavy (non-hydrogen) atoms. The Morgan fingerprint density at radius 2 is 1.76 bits per heavy atom. The van der Waals surface area contributed by atoms with E-state index in [1.165, 1.54) is 11.6 Å². The molecule has 2 aromatic rings. The molecular formula is C25H32FN3O4. The maximum Gasteiger partial charge on any atom is 0.408 e. The number of piperazine rings is 1. The van der Waals surface area contributed by atoms with E-state index in [1.807, 2.05) is 18.2 Å². The molecule has 0 aromatic heterocycles. The number of aliphatic carboxylic acids is 1. The highest BCUT2D eigenvalue weighted by Crippen LogP contribution is 2.22. The molecule has 0 saturated carbocycles. The van der Waals surface area contributed by atoms with Gasteiger partial charge in [0.1, 0.15) is 17.5 Å². The fourth-order valence-electron chi connectivity index (χ4n) is 3.77. The molecule has 1 aliphatic heterocycles. The van der Waals surface area contributed by atoms with E-state index in [4.69, 9.17) is 4.74 Å². The summed E-state index contributed by atoms with van der Waals surface area (Å²) in [7, 11) is 0. The van der Waals surface area contributed by atoms with Crippen molar-refractivity contribution in [1.29, 1.82) is 0 Å². The Bertz CT molecular complexity index is 954. The summed E-state index contributed by atoms with van der Waals surface area (Å²) < 4.78 is 19.9. The number of carboxylic acid groups (broad SMARTS) is 1. The summed E-state index contributed by atoms with van der Waals surface area (Å²) >= 11 is 0. The van der Waals surface area contributed by atoms with Gasteiger partial charge in [-0.15, -0.1) is 0 Å². The second-order valence-electron chi connectivity index (χ2n) is 9.27. The SMILES string of the molecule is CC(C)(C)OC(=O)NC(Cc1ccc(N2CCN(Cc3ccccc3)CC2)cc1F)C(=O)O. The molecule has 0 radical (unpaired) electrons. The quantitative estimate of drug-likeness (QED) is 0.660. The van der Waals surface area contributed by atoms with Crippen LogP contribution in [0.25, 0.3) is 0 Å². The number of halogens is 1. The number of nitrogens with zero attached hydrogens (tertiary/aromatic N) is 2. The summed E-state index contributed by atoms with van der Waals surface area (Å²) in [6, 6.07) is 13.8. The molecule has 1 amide bonds. The normalized spacial score (nSPS) is 15.7. The third-order valence-electron chi connectivity index (χ3n) is 5.44. The molecule has 0 bridgehead atoms. The van der Waals surface area contributed by atoms with Gasteiger partial charge in [0.2, 0.25) is 0 Å². The van der Waals surface area contributed by atoms with E-state index in [0.29, 0.717) is 0 Å². The fourth-order valence-corrected chi connectivity index (χ4v) is 3.77. The Labute approximate surface area is 194 Å². The maximum atomic E-state index is 14.8. The standard InChI is InChI=1S/C25H32FN3O4/c1-25(2,3)33-24(32)27-22(23(30)31)15-19-9-10-20(16-21(19)26)29-13-11-28(12-14-29)17-18-7-5-4-6-8-18/h4-10,16,22H,11-15,17H2,1-3H3,(H,27,32)(H,30,31). The average Bonchev–Trinajstić information content (AvgIpc) is 2.74. The van der Waals surface area contributed by atoms with Crippen LogP contribution < -0.4 is 10.2 Å². The van der Waals surface area contributed by atoms with Crippen LogP contribution in [-0.4, -0.2) is 59.9 Å². The predicted molar refractivity (Wildman–Crippen MR) is 125 cm³/mol. The van der Waals surface area contributed by atoms with Crippen LogP contribution in [0.5, 0.6) is 0 Å². The lowest BCUT2D eigenvalue weighted by Gasteiger charge is -2.36. The molecule has 1 saturated heterocycles. The second-order valence-corrected chi connectivity index (χ2v) is 9.27. The molecule has 2 N–H and O–H groups in total. The zero-order valence-electron chi connectivity index (χ0n) is 19.4. The summed E-state index contributed by atoms with van der Waals surface area (Å²) in [5.41, 5.74) is 1.51. The smallest absolute Gasteiger partial charge is 0.408 e. The number of hydrogen-bond acceptors (Lipinski definition) is 5. The highest BCUT2D eigenvalue weighted by molar-refractivity contribution is 5.80. The van der Waals surface area contributed by atoms with Crippen LogP contribution in [0.3, 0.4) is 0 Å². The van der Waals surface area contributed by atoms with Gasteiger partial charge in [0.25, 0.3) is 0 Å². The summed E-state index contributed by atoms with van der Waals surface area (Å²) in [4.78, 5) is 28.0. The van der Waals surface area contributed by atoms with E-state index in [-0.39, 0.29) is 12.0 Å². The van der Waals surface area contributed by atoms with Crippen molar-refractivity contribution in [3.63, 3.8) is 0 Å². The molecule has 0 spiro atoms. The third-order valence-corrected chi connectivity index (χ3v) is 5.44. The molecule has 1 aliphatic rings. The molecule has 1 unspecified atom stereocenters. The highest BCUT2D eigenvalue weighted by Gasteiger charge is 2.26. The van der Waals surface area contributed by atoms with Crippen molar-refractivity contribution >= 4 is 17.7 Å². The van der Waals surface area contributed by atoms with Gasteiger partial charge in [-0.2, -0.15) is 0 Å². The lowest BCUT2D eigenvalue weighted by Crippen LogP contribution is -2.46. The summed E-state index contributed by atoms with van der Waals surface area (Å²) in [6.07, 6.45) is -1.02. The number of nitrogens with one attached hydrogen (secondary N) is 1. The zero-order chi connectivity index (χ0) is 24.0. The topological polar surface area (TPSA) is 82.1 Å². The van der Waals surface area contributed by atoms with Gasteiger partial charge in [-0.1, -0.05) is 36.4 Å². The minimum absolute atomic E-state index is 0.175. The third kappa shape index (κ3) is 7.46. The van der Waals surface area contributed by atoms with Gasteiger partial charge < -0.3 is 20.1 Å². The molecule has 3 rings (SSSR count). The van der Waals surface area contributed by atoms with Gasteiger partial charge in [0.05, 0.1) is 0 Å². The van der Waals surface area contributed by atoms with Gasteiger partial charge in [0.15, 0.2) is 0 Å². The number of carbonyl (C=O) groups excluding carboxylic acids is 1. The van der Waals surface area contributed by atoms with Crippen LogP contribution in [0.1, 0.15) is 31.9 Å². The lowest BCUT2D eigenvalue weighted by atomic mass is 10.0. The number of ether oxygens (including phenoxy) is 1. The maximum absolute atomic E-state index is 14.8. The second kappa shape index (κ2) is 10.7. The Morgan fingerprint density at radius 1 is 1.09 bits per heavy atom. The number of benzene rings is 2. The van der Waals surface area contributed by atoms with Crippen molar-refractivity contribution < 1.29 is 23.8 Å². The number of amides is 1. The van der Waals surface area contributed by atoms with E-state index in [1.54, 1.807) is 32.9 Å². The summed E-state index contributed by atoms with van der Waals surface area (Å²) in [6.45, 7) is 9.25. The van der Waals surface area contributed by atoms with Gasteiger partial charge >= 0.3 is 12.1 Å². The molecular weight excluding hydrogens is 425 g/mol. The van der Waals surface area contributed by atoms with E-state index in [2.05, 4.69) is 27.2 Å². The van der Waals surface area contributed by atoms with E-state index in [0.717, 1.165) is 38.4 Å². The highest BCUT2D eigenvalue weighted by atomic mass is 19.1. The van der Waals surface area contributed by atoms with Gasteiger partial charge in [0, 0.05) is 44.8 Å². The number of anilines is 1. The first kappa shape index (κ1) is 24.5. The van der Waals surface area contributed by atoms with E-state index in [9.17, 15) is 19.1 Å². The molecule has 1 heterocycles. The van der Waals surface area contributed by atoms with Crippen molar-refractivity contribution in [2.75, 3.05) is 31.1 Å². The Balaban J connectivity index is 1.58. The largest absolute Gasteiger partial charge is 0.480 e. The number of carbonyl (C=O) groups is 2. The van der Waals surface area contributed by atoms with Gasteiger partial charge in [-0.3, -0.25) is 4.90 Å². The molecule has 7 nitrogen and oxygen atoms in total. The first-order chi connectivity index (χ1) is 15.6. The van der Waals surface area contributed by atoms with Gasteiger partial charge in [-0.05, 0) is 44.0 Å². The van der Waals surface area contributed by atoms with Crippen molar-refractivity contribution in [3.8, 4) is 0 Å². The summed E-state index contributed by atoms with van der Waals surface area (Å²) in [5, 5.41) is 11.8. The number of rotatable bonds is 7. The van der Waals surface area contributed by atoms with Crippen LogP contribution in [0.2, 0.25) is 0 Å². The molecule has 178 valence electrons. The molecule has 0 aliphatic carbocycles. The van der Waals surface area contributed by atoms with Crippen molar-refractivity contribution in [2.45, 2.75) is 45.4 Å². The van der Waals surface area contributed by atoms with Crippen LogP contribution in [0.15, 0.2) is 48.5 Å². The predicted octanol–water partition coefficient (Wildman–Crippen LogP) is 3.67. The molecule has 1 atom stereocenters. The fraction of sp³-hybridized carbons (Fsp3) is 0.440. The van der Waals surface area contributed by atoms with Crippen LogP contribution in [0.4, 0.5) is 14.9 Å². The first-order valence-corrected chi connectivity index (χ1v) is 11.1. The Morgan fingerprint density at radius 3 is 2.33 bits per heavy atom. The molecule has 2 aromatic carbocycles. The van der Waals surface area contributed by atoms with Gasteiger partial charge in [-0.25, -0.2) is 14.0 Å². The monoisotopic (exact) mass is 457 g/mol. The number of hydrogen-bond donors (Lipinski definition) is 2. The minimum atomic E-state index is -1.29.